The maximum atomic E-state index is 10.7. The maximum absolute atomic E-state index is 10.7. The van der Waals surface area contributed by atoms with Crippen molar-refractivity contribution in [1.82, 2.24) is 9.97 Å². The van der Waals surface area contributed by atoms with Crippen molar-refractivity contribution in [2.75, 3.05) is 18.0 Å². The van der Waals surface area contributed by atoms with Gasteiger partial charge in [0.15, 0.2) is 0 Å². The number of anilines is 1. The Morgan fingerprint density at radius 1 is 1.50 bits per heavy atom. The monoisotopic (exact) mass is 249 g/mol. The first-order valence-electron chi connectivity index (χ1n) is 6.46. The SMILES string of the molecule is CCc1cnc(N2CCCC(CC(=O)O)C2)nc1. The summed E-state index contributed by atoms with van der Waals surface area (Å²) in [7, 11) is 0. The van der Waals surface area contributed by atoms with Crippen molar-refractivity contribution in [3.05, 3.63) is 18.0 Å². The van der Waals surface area contributed by atoms with Crippen molar-refractivity contribution in [3.8, 4) is 0 Å². The Labute approximate surface area is 107 Å². The molecular formula is C13H19N3O2. The highest BCUT2D eigenvalue weighted by Crippen LogP contribution is 2.22. The van der Waals surface area contributed by atoms with E-state index < -0.39 is 5.97 Å². The van der Waals surface area contributed by atoms with E-state index >= 15 is 0 Å². The van der Waals surface area contributed by atoms with Crippen molar-refractivity contribution < 1.29 is 9.90 Å². The molecule has 2 heterocycles. The number of hydrogen-bond donors (Lipinski definition) is 1. The Bertz CT molecular complexity index is 405. The summed E-state index contributed by atoms with van der Waals surface area (Å²) < 4.78 is 0. The molecule has 1 N–H and O–H groups in total. The number of carbonyl (C=O) groups is 1. The molecule has 18 heavy (non-hydrogen) atoms. The molecular weight excluding hydrogens is 230 g/mol. The third kappa shape index (κ3) is 3.18. The summed E-state index contributed by atoms with van der Waals surface area (Å²) in [5, 5.41) is 8.84. The molecule has 1 saturated heterocycles. The van der Waals surface area contributed by atoms with Crippen LogP contribution in [-0.2, 0) is 11.2 Å². The fourth-order valence-corrected chi connectivity index (χ4v) is 2.35. The van der Waals surface area contributed by atoms with Gasteiger partial charge in [0.25, 0.3) is 0 Å². The van der Waals surface area contributed by atoms with E-state index in [1.165, 1.54) is 0 Å². The molecule has 1 aromatic rings. The molecule has 0 radical (unpaired) electrons. The predicted octanol–water partition coefficient (Wildman–Crippen LogP) is 1.73. The van der Waals surface area contributed by atoms with Crippen LogP contribution in [0.5, 0.6) is 0 Å². The lowest BCUT2D eigenvalue weighted by molar-refractivity contribution is -0.138. The number of carboxylic acid groups (broad SMARTS) is 1. The van der Waals surface area contributed by atoms with Gasteiger partial charge in [-0.2, -0.15) is 0 Å². The number of nitrogens with zero attached hydrogens (tertiary/aromatic N) is 3. The molecule has 5 nitrogen and oxygen atoms in total. The molecule has 0 amide bonds. The van der Waals surface area contributed by atoms with Gasteiger partial charge in [0, 0.05) is 31.9 Å². The molecule has 0 bridgehead atoms. The fourth-order valence-electron chi connectivity index (χ4n) is 2.35. The summed E-state index contributed by atoms with van der Waals surface area (Å²) in [6.45, 7) is 3.74. The number of carboxylic acids is 1. The molecule has 1 aliphatic heterocycles. The molecule has 1 unspecified atom stereocenters. The van der Waals surface area contributed by atoms with Crippen LogP contribution in [-0.4, -0.2) is 34.1 Å². The van der Waals surface area contributed by atoms with Gasteiger partial charge in [0.2, 0.25) is 5.95 Å². The van der Waals surface area contributed by atoms with Crippen LogP contribution in [0.15, 0.2) is 12.4 Å². The zero-order valence-corrected chi connectivity index (χ0v) is 10.7. The summed E-state index contributed by atoms with van der Waals surface area (Å²) in [5.74, 6) is 0.220. The van der Waals surface area contributed by atoms with E-state index in [0.29, 0.717) is 0 Å². The van der Waals surface area contributed by atoms with Crippen LogP contribution >= 0.6 is 0 Å². The van der Waals surface area contributed by atoms with Gasteiger partial charge in [-0.15, -0.1) is 0 Å². The highest BCUT2D eigenvalue weighted by Gasteiger charge is 2.23. The van der Waals surface area contributed by atoms with E-state index in [2.05, 4.69) is 21.8 Å². The first-order chi connectivity index (χ1) is 8.69. The van der Waals surface area contributed by atoms with Gasteiger partial charge in [-0.25, -0.2) is 9.97 Å². The van der Waals surface area contributed by atoms with E-state index in [1.807, 2.05) is 12.4 Å². The van der Waals surface area contributed by atoms with Crippen molar-refractivity contribution in [2.45, 2.75) is 32.6 Å². The van der Waals surface area contributed by atoms with E-state index in [9.17, 15) is 4.79 Å². The van der Waals surface area contributed by atoms with Crippen LogP contribution in [0.4, 0.5) is 5.95 Å². The Morgan fingerprint density at radius 2 is 2.22 bits per heavy atom. The van der Waals surface area contributed by atoms with Crippen LogP contribution in [0.3, 0.4) is 0 Å². The second kappa shape index (κ2) is 5.80. The molecule has 1 fully saturated rings. The van der Waals surface area contributed by atoms with Crippen LogP contribution in [0.1, 0.15) is 31.7 Å². The summed E-state index contributed by atoms with van der Waals surface area (Å²) >= 11 is 0. The normalized spacial score (nSPS) is 19.8. The summed E-state index contributed by atoms with van der Waals surface area (Å²) in [4.78, 5) is 21.5. The highest BCUT2D eigenvalue weighted by atomic mass is 16.4. The zero-order valence-electron chi connectivity index (χ0n) is 10.7. The third-order valence-corrected chi connectivity index (χ3v) is 3.37. The molecule has 98 valence electrons. The second-order valence-corrected chi connectivity index (χ2v) is 4.80. The number of aliphatic carboxylic acids is 1. The third-order valence-electron chi connectivity index (χ3n) is 3.37. The predicted molar refractivity (Wildman–Crippen MR) is 68.6 cm³/mol. The molecule has 1 aromatic heterocycles. The van der Waals surface area contributed by atoms with Crippen molar-refractivity contribution >= 4 is 11.9 Å². The Morgan fingerprint density at radius 3 is 2.83 bits per heavy atom. The average Bonchev–Trinajstić information content (AvgIpc) is 2.38. The van der Waals surface area contributed by atoms with Crippen LogP contribution < -0.4 is 4.90 Å². The van der Waals surface area contributed by atoms with Crippen molar-refractivity contribution in [1.29, 1.82) is 0 Å². The van der Waals surface area contributed by atoms with Crippen molar-refractivity contribution in [3.63, 3.8) is 0 Å². The lowest BCUT2D eigenvalue weighted by Gasteiger charge is -2.32. The minimum atomic E-state index is -0.718. The molecule has 0 aliphatic carbocycles. The zero-order chi connectivity index (χ0) is 13.0. The molecule has 0 aromatic carbocycles. The van der Waals surface area contributed by atoms with Gasteiger partial charge in [-0.1, -0.05) is 6.92 Å². The summed E-state index contributed by atoms with van der Waals surface area (Å²) in [6.07, 6.45) is 6.87. The molecule has 0 saturated carbocycles. The number of rotatable bonds is 4. The maximum Gasteiger partial charge on any atom is 0.303 e. The minimum absolute atomic E-state index is 0.214. The number of piperidine rings is 1. The van der Waals surface area contributed by atoms with Gasteiger partial charge in [-0.3, -0.25) is 4.79 Å². The molecule has 5 heteroatoms. The number of aromatic nitrogens is 2. The van der Waals surface area contributed by atoms with Gasteiger partial charge < -0.3 is 10.0 Å². The molecule has 2 rings (SSSR count). The largest absolute Gasteiger partial charge is 0.481 e. The van der Waals surface area contributed by atoms with Crippen molar-refractivity contribution in [2.24, 2.45) is 5.92 Å². The average molecular weight is 249 g/mol. The number of aryl methyl sites for hydroxylation is 1. The van der Waals surface area contributed by atoms with Gasteiger partial charge in [0.05, 0.1) is 0 Å². The summed E-state index contributed by atoms with van der Waals surface area (Å²) in [6, 6.07) is 0. The highest BCUT2D eigenvalue weighted by molar-refractivity contribution is 5.67. The quantitative estimate of drug-likeness (QED) is 0.880. The van der Waals surface area contributed by atoms with Gasteiger partial charge >= 0.3 is 5.97 Å². The second-order valence-electron chi connectivity index (χ2n) is 4.80. The molecule has 0 spiro atoms. The number of hydrogen-bond acceptors (Lipinski definition) is 4. The van der Waals surface area contributed by atoms with Crippen LogP contribution in [0.25, 0.3) is 0 Å². The topological polar surface area (TPSA) is 66.3 Å². The Balaban J connectivity index is 2.01. The minimum Gasteiger partial charge on any atom is -0.481 e. The van der Waals surface area contributed by atoms with Gasteiger partial charge in [0.1, 0.15) is 0 Å². The first-order valence-corrected chi connectivity index (χ1v) is 6.46. The molecule has 1 atom stereocenters. The van der Waals surface area contributed by atoms with E-state index in [0.717, 1.165) is 43.9 Å². The lowest BCUT2D eigenvalue weighted by atomic mass is 9.95. The van der Waals surface area contributed by atoms with Crippen LogP contribution in [0, 0.1) is 5.92 Å². The first kappa shape index (κ1) is 12.8. The van der Waals surface area contributed by atoms with Gasteiger partial charge in [-0.05, 0) is 30.7 Å². The standard InChI is InChI=1S/C13H19N3O2/c1-2-10-7-14-13(15-8-10)16-5-3-4-11(9-16)6-12(17)18/h7-8,11H,2-6,9H2,1H3,(H,17,18). The van der Waals surface area contributed by atoms with E-state index in [1.54, 1.807) is 0 Å². The smallest absolute Gasteiger partial charge is 0.303 e. The van der Waals surface area contributed by atoms with E-state index in [4.69, 9.17) is 5.11 Å². The van der Waals surface area contributed by atoms with E-state index in [-0.39, 0.29) is 12.3 Å². The molecule has 1 aliphatic rings. The Kier molecular flexibility index (Phi) is 4.12. The summed E-state index contributed by atoms with van der Waals surface area (Å²) in [5.41, 5.74) is 1.12. The Hall–Kier alpha value is -1.65. The fraction of sp³-hybridized carbons (Fsp3) is 0.615. The lowest BCUT2D eigenvalue weighted by Crippen LogP contribution is -2.37. The van der Waals surface area contributed by atoms with Crippen LogP contribution in [0.2, 0.25) is 0 Å².